The summed E-state index contributed by atoms with van der Waals surface area (Å²) in [5.74, 6) is -1.65. The highest BCUT2D eigenvalue weighted by molar-refractivity contribution is 6.04. The number of amides is 1. The lowest BCUT2D eigenvalue weighted by molar-refractivity contribution is -0.116. The lowest BCUT2D eigenvalue weighted by Gasteiger charge is -2.29. The zero-order valence-electron chi connectivity index (χ0n) is 12.1. The summed E-state index contributed by atoms with van der Waals surface area (Å²) in [6.45, 7) is 3.64. The van der Waals surface area contributed by atoms with Gasteiger partial charge in [-0.2, -0.15) is 5.10 Å². The van der Waals surface area contributed by atoms with Crippen molar-refractivity contribution < 1.29 is 14.7 Å². The van der Waals surface area contributed by atoms with Gasteiger partial charge in [0.15, 0.2) is 5.65 Å². The minimum atomic E-state index is -1.11. The molecule has 8 heteroatoms. The topological polar surface area (TPSA) is 114 Å². The molecule has 0 saturated heterocycles. The first-order valence-corrected chi connectivity index (χ1v) is 6.41. The van der Waals surface area contributed by atoms with E-state index in [9.17, 15) is 14.7 Å². The van der Waals surface area contributed by atoms with Crippen molar-refractivity contribution in [3.8, 4) is 0 Å². The molecule has 0 bridgehead atoms. The van der Waals surface area contributed by atoms with Crippen LogP contribution in [0.5, 0.6) is 0 Å². The van der Waals surface area contributed by atoms with Crippen molar-refractivity contribution in [2.24, 2.45) is 12.8 Å². The molecule has 0 atom stereocenters. The van der Waals surface area contributed by atoms with Crippen LogP contribution in [0.4, 0.5) is 5.69 Å². The second kappa shape index (κ2) is 5.39. The fourth-order valence-corrected chi connectivity index (χ4v) is 2.24. The molecule has 0 radical (unpaired) electrons. The molecule has 112 valence electrons. The second-order valence-electron chi connectivity index (χ2n) is 5.02. The van der Waals surface area contributed by atoms with E-state index in [0.717, 1.165) is 0 Å². The second-order valence-corrected chi connectivity index (χ2v) is 5.02. The molecule has 0 unspecified atom stereocenters. The van der Waals surface area contributed by atoms with Crippen molar-refractivity contribution in [2.45, 2.75) is 19.9 Å². The third-order valence-corrected chi connectivity index (χ3v) is 3.20. The molecule has 1 amide bonds. The van der Waals surface area contributed by atoms with Gasteiger partial charge in [-0.25, -0.2) is 9.78 Å². The summed E-state index contributed by atoms with van der Waals surface area (Å²) >= 11 is 0. The van der Waals surface area contributed by atoms with Crippen molar-refractivity contribution in [1.82, 2.24) is 14.8 Å². The summed E-state index contributed by atoms with van der Waals surface area (Å²) in [6, 6.07) is -0.110. The Bertz CT molecular complexity index is 707. The van der Waals surface area contributed by atoms with Crippen molar-refractivity contribution in [3.63, 3.8) is 0 Å². The molecule has 2 heterocycles. The van der Waals surface area contributed by atoms with Crippen LogP contribution in [0.2, 0.25) is 0 Å². The fourth-order valence-electron chi connectivity index (χ4n) is 2.24. The Morgan fingerprint density at radius 1 is 1.43 bits per heavy atom. The minimum Gasteiger partial charge on any atom is -0.478 e. The van der Waals surface area contributed by atoms with Crippen LogP contribution in [0.1, 0.15) is 24.2 Å². The number of nitrogens with zero attached hydrogens (tertiary/aromatic N) is 4. The van der Waals surface area contributed by atoms with Crippen LogP contribution >= 0.6 is 0 Å². The van der Waals surface area contributed by atoms with Gasteiger partial charge in [-0.3, -0.25) is 9.48 Å². The molecule has 8 nitrogen and oxygen atoms in total. The molecule has 0 saturated carbocycles. The number of carboxylic acids is 1. The smallest absolute Gasteiger partial charge is 0.339 e. The number of nitrogens with two attached hydrogens (primary N) is 1. The molecular weight excluding hydrogens is 274 g/mol. The fraction of sp³-hybridized carbons (Fsp3) is 0.385. The first-order chi connectivity index (χ1) is 9.82. The number of pyridine rings is 1. The minimum absolute atomic E-state index is 0.0189. The number of aromatic nitrogens is 3. The number of carbonyl (C=O) groups is 2. The Morgan fingerprint density at radius 2 is 2.10 bits per heavy atom. The molecule has 2 aromatic rings. The van der Waals surface area contributed by atoms with E-state index in [1.807, 2.05) is 13.8 Å². The third kappa shape index (κ3) is 2.64. The SMILES string of the molecule is CC(C)N(CC(N)=O)c1c(C(=O)O)cnc2c1cnn2C. The number of carboxylic acid groups (broad SMARTS) is 1. The maximum Gasteiger partial charge on any atom is 0.339 e. The number of rotatable bonds is 5. The van der Waals surface area contributed by atoms with Gasteiger partial charge in [-0.1, -0.05) is 0 Å². The largest absolute Gasteiger partial charge is 0.478 e. The van der Waals surface area contributed by atoms with E-state index in [1.165, 1.54) is 6.20 Å². The van der Waals surface area contributed by atoms with Gasteiger partial charge in [0, 0.05) is 19.3 Å². The molecule has 0 aliphatic carbocycles. The van der Waals surface area contributed by atoms with Gasteiger partial charge in [0.2, 0.25) is 5.91 Å². The number of aromatic carboxylic acids is 1. The zero-order chi connectivity index (χ0) is 15.7. The molecular formula is C13H17N5O3. The lowest BCUT2D eigenvalue weighted by atomic mass is 10.1. The number of anilines is 1. The zero-order valence-corrected chi connectivity index (χ0v) is 12.1. The van der Waals surface area contributed by atoms with Gasteiger partial charge in [0.25, 0.3) is 0 Å². The highest BCUT2D eigenvalue weighted by Crippen LogP contribution is 2.30. The number of fused-ring (bicyclic) bond motifs is 1. The Balaban J connectivity index is 2.75. The first-order valence-electron chi connectivity index (χ1n) is 6.41. The monoisotopic (exact) mass is 291 g/mol. The van der Waals surface area contributed by atoms with Crippen molar-refractivity contribution >= 4 is 28.6 Å². The predicted molar refractivity (Wildman–Crippen MR) is 77.1 cm³/mol. The van der Waals surface area contributed by atoms with E-state index in [2.05, 4.69) is 10.1 Å². The van der Waals surface area contributed by atoms with E-state index < -0.39 is 11.9 Å². The van der Waals surface area contributed by atoms with E-state index in [-0.39, 0.29) is 18.2 Å². The molecule has 21 heavy (non-hydrogen) atoms. The number of aryl methyl sites for hydroxylation is 1. The number of hydrogen-bond donors (Lipinski definition) is 2. The maximum absolute atomic E-state index is 11.5. The molecule has 2 rings (SSSR count). The molecule has 0 spiro atoms. The van der Waals surface area contributed by atoms with Crippen LogP contribution < -0.4 is 10.6 Å². The summed E-state index contributed by atoms with van der Waals surface area (Å²) in [5.41, 5.74) is 6.26. The molecule has 2 aromatic heterocycles. The van der Waals surface area contributed by atoms with E-state index >= 15 is 0 Å². The van der Waals surface area contributed by atoms with E-state index in [0.29, 0.717) is 16.7 Å². The Hall–Kier alpha value is -2.64. The molecule has 0 fully saturated rings. The number of carbonyl (C=O) groups excluding carboxylic acids is 1. The van der Waals surface area contributed by atoms with Gasteiger partial charge in [0.1, 0.15) is 5.56 Å². The molecule has 0 aromatic carbocycles. The Labute approximate surface area is 121 Å². The van der Waals surface area contributed by atoms with E-state index in [4.69, 9.17) is 5.73 Å². The van der Waals surface area contributed by atoms with Gasteiger partial charge in [-0.15, -0.1) is 0 Å². The van der Waals surface area contributed by atoms with Crippen LogP contribution in [0, 0.1) is 0 Å². The van der Waals surface area contributed by atoms with Gasteiger partial charge >= 0.3 is 5.97 Å². The summed E-state index contributed by atoms with van der Waals surface area (Å²) in [6.07, 6.45) is 2.82. The van der Waals surface area contributed by atoms with Crippen molar-refractivity contribution in [1.29, 1.82) is 0 Å². The quantitative estimate of drug-likeness (QED) is 0.822. The highest BCUT2D eigenvalue weighted by atomic mass is 16.4. The van der Waals surface area contributed by atoms with Crippen LogP contribution in [0.25, 0.3) is 11.0 Å². The third-order valence-electron chi connectivity index (χ3n) is 3.20. The molecule has 0 aliphatic rings. The highest BCUT2D eigenvalue weighted by Gasteiger charge is 2.24. The normalized spacial score (nSPS) is 11.0. The lowest BCUT2D eigenvalue weighted by Crippen LogP contribution is -2.39. The van der Waals surface area contributed by atoms with Crippen LogP contribution in [0.15, 0.2) is 12.4 Å². The Kier molecular flexibility index (Phi) is 3.79. The summed E-state index contributed by atoms with van der Waals surface area (Å²) in [7, 11) is 1.72. The molecule has 0 aliphatic heterocycles. The van der Waals surface area contributed by atoms with Crippen LogP contribution in [-0.4, -0.2) is 44.3 Å². The predicted octanol–water partition coefficient (Wildman–Crippen LogP) is 0.367. The van der Waals surface area contributed by atoms with Crippen molar-refractivity contribution in [2.75, 3.05) is 11.4 Å². The summed E-state index contributed by atoms with van der Waals surface area (Å²) in [4.78, 5) is 28.6. The Morgan fingerprint density at radius 3 is 2.62 bits per heavy atom. The number of primary amides is 1. The van der Waals surface area contributed by atoms with Crippen molar-refractivity contribution in [3.05, 3.63) is 18.0 Å². The summed E-state index contributed by atoms with van der Waals surface area (Å²) in [5, 5.41) is 14.1. The standard InChI is InChI=1S/C13H17N5O3/c1-7(2)18(6-10(14)19)11-8-5-16-17(3)12(8)15-4-9(11)13(20)21/h4-5,7H,6H2,1-3H3,(H2,14,19)(H,20,21). The van der Waals surface area contributed by atoms with Gasteiger partial charge in [0.05, 0.1) is 23.8 Å². The summed E-state index contributed by atoms with van der Waals surface area (Å²) < 4.78 is 1.55. The first kappa shape index (κ1) is 14.8. The average Bonchev–Trinajstić information content (AvgIpc) is 2.76. The average molecular weight is 291 g/mol. The van der Waals surface area contributed by atoms with Gasteiger partial charge in [-0.05, 0) is 13.8 Å². The van der Waals surface area contributed by atoms with Crippen LogP contribution in [-0.2, 0) is 11.8 Å². The van der Waals surface area contributed by atoms with Gasteiger partial charge < -0.3 is 15.7 Å². The molecule has 3 N–H and O–H groups in total. The van der Waals surface area contributed by atoms with Crippen LogP contribution in [0.3, 0.4) is 0 Å². The number of hydrogen-bond acceptors (Lipinski definition) is 5. The maximum atomic E-state index is 11.5. The van der Waals surface area contributed by atoms with E-state index in [1.54, 1.807) is 22.8 Å².